The Kier molecular flexibility index (Phi) is 10.3. The van der Waals surface area contributed by atoms with Gasteiger partial charge in [-0.05, 0) is 25.0 Å². The molecule has 0 saturated carbocycles. The van der Waals surface area contributed by atoms with Gasteiger partial charge in [0, 0.05) is 75.1 Å². The van der Waals surface area contributed by atoms with Crippen LogP contribution in [-0.4, -0.2) is 124 Å². The molecular weight excluding hydrogens is 738 g/mol. The highest BCUT2D eigenvalue weighted by atomic mass is 19.4. The number of amides is 1. The maximum Gasteiger partial charge on any atom is 0.490 e. The third-order valence-corrected chi connectivity index (χ3v) is 9.50. The normalized spacial score (nSPS) is 19.2. The zero-order valence-electron chi connectivity index (χ0n) is 28.1. The van der Waals surface area contributed by atoms with Gasteiger partial charge in [-0.1, -0.05) is 0 Å². The van der Waals surface area contributed by atoms with Gasteiger partial charge in [-0.2, -0.15) is 36.7 Å². The molecule has 1 amide bonds. The Bertz CT molecular complexity index is 2040. The molecular formula is C32H31F8N11O3. The topological polar surface area (TPSA) is 173 Å². The van der Waals surface area contributed by atoms with Gasteiger partial charge in [0.15, 0.2) is 0 Å². The summed E-state index contributed by atoms with van der Waals surface area (Å²) >= 11 is 0. The van der Waals surface area contributed by atoms with Crippen molar-refractivity contribution in [2.45, 2.75) is 62.1 Å². The minimum absolute atomic E-state index is 0.0158. The second-order valence-electron chi connectivity index (χ2n) is 13.3. The molecule has 22 heteroatoms. The summed E-state index contributed by atoms with van der Waals surface area (Å²) in [5, 5.41) is 22.2. The first-order valence-corrected chi connectivity index (χ1v) is 16.5. The highest BCUT2D eigenvalue weighted by Gasteiger charge is 2.48. The van der Waals surface area contributed by atoms with Crippen LogP contribution in [0, 0.1) is 11.3 Å². The van der Waals surface area contributed by atoms with E-state index >= 15 is 0 Å². The average Bonchev–Trinajstić information content (AvgIpc) is 3.85. The molecule has 288 valence electrons. The van der Waals surface area contributed by atoms with Crippen LogP contribution in [-0.2, 0) is 23.1 Å². The number of likely N-dealkylation sites (tertiary alicyclic amines) is 3. The number of hydrogen-bond acceptors (Lipinski definition) is 10. The Hall–Kier alpha value is -5.30. The second-order valence-corrected chi connectivity index (χ2v) is 13.3. The van der Waals surface area contributed by atoms with Crippen molar-refractivity contribution in [3.8, 4) is 17.3 Å². The van der Waals surface area contributed by atoms with E-state index < -0.39 is 53.8 Å². The van der Waals surface area contributed by atoms with Crippen LogP contribution in [0.2, 0.25) is 0 Å². The number of carboxylic acid groups (broad SMARTS) is 1. The predicted molar refractivity (Wildman–Crippen MR) is 169 cm³/mol. The summed E-state index contributed by atoms with van der Waals surface area (Å²) in [7, 11) is 0. The van der Waals surface area contributed by atoms with Crippen molar-refractivity contribution in [2.24, 2.45) is 0 Å². The molecule has 3 aliphatic heterocycles. The van der Waals surface area contributed by atoms with Crippen LogP contribution in [0.4, 0.5) is 35.1 Å². The highest BCUT2D eigenvalue weighted by Crippen LogP contribution is 2.37. The van der Waals surface area contributed by atoms with Crippen LogP contribution in [0.5, 0.6) is 0 Å². The third-order valence-electron chi connectivity index (χ3n) is 9.50. The molecule has 14 nitrogen and oxygen atoms in total. The molecule has 2 N–H and O–H groups in total. The fourth-order valence-corrected chi connectivity index (χ4v) is 6.84. The van der Waals surface area contributed by atoms with E-state index in [9.17, 15) is 45.2 Å². The van der Waals surface area contributed by atoms with E-state index in [1.165, 1.54) is 22.2 Å². The van der Waals surface area contributed by atoms with Crippen LogP contribution in [0.15, 0.2) is 37.1 Å². The van der Waals surface area contributed by atoms with E-state index in [2.05, 4.69) is 41.0 Å². The number of aromatic nitrogens is 7. The molecule has 0 spiro atoms. The zero-order valence-corrected chi connectivity index (χ0v) is 28.1. The molecule has 3 aliphatic rings. The Morgan fingerprint density at radius 1 is 1.04 bits per heavy atom. The molecule has 7 rings (SSSR count). The number of hydrogen-bond donors (Lipinski definition) is 2. The summed E-state index contributed by atoms with van der Waals surface area (Å²) in [4.78, 5) is 46.1. The number of nitrogens with zero attached hydrogens (tertiary/aromatic N) is 10. The largest absolute Gasteiger partial charge is 0.490 e. The van der Waals surface area contributed by atoms with Crippen LogP contribution in [0.1, 0.15) is 47.7 Å². The third kappa shape index (κ3) is 8.25. The van der Waals surface area contributed by atoms with E-state index in [0.717, 1.165) is 16.6 Å². The summed E-state index contributed by atoms with van der Waals surface area (Å²) in [6.07, 6.45) is -2.07. The van der Waals surface area contributed by atoms with Crippen LogP contribution in [0.25, 0.3) is 22.3 Å². The summed E-state index contributed by atoms with van der Waals surface area (Å²) in [6.45, 7) is 0.944. The lowest BCUT2D eigenvalue weighted by molar-refractivity contribution is -0.192. The van der Waals surface area contributed by atoms with Crippen LogP contribution < -0.4 is 0 Å². The van der Waals surface area contributed by atoms with E-state index in [1.54, 1.807) is 12.4 Å². The van der Waals surface area contributed by atoms with E-state index in [0.29, 0.717) is 44.7 Å². The minimum Gasteiger partial charge on any atom is -0.475 e. The molecule has 7 heterocycles. The standard InChI is InChI=1S/C30H30F5N11O.C2HF3O2/c31-29(32)5-10-43(17-29)14-20-11-23(42-27(41-20)30(33,34)35)26(47)44-8-2-21(3-9-44)45-15-28(16-45,4-6-36)46-13-19(12-40-46)24-22-1-7-37-25(22)39-18-38-24;3-2(4,5)1(6)7/h1,7,11-13,18,21H,2-5,8-10,14-17H2,(H,37,38,39);(H,6,7). The van der Waals surface area contributed by atoms with Crippen molar-refractivity contribution in [3.63, 3.8) is 0 Å². The van der Waals surface area contributed by atoms with Crippen molar-refractivity contribution in [2.75, 3.05) is 39.3 Å². The number of alkyl halides is 8. The van der Waals surface area contributed by atoms with E-state index in [-0.39, 0.29) is 37.7 Å². The Labute approximate surface area is 300 Å². The molecule has 3 saturated heterocycles. The van der Waals surface area contributed by atoms with Crippen LogP contribution in [0.3, 0.4) is 0 Å². The van der Waals surface area contributed by atoms with Crippen molar-refractivity contribution >= 4 is 22.9 Å². The van der Waals surface area contributed by atoms with Gasteiger partial charge >= 0.3 is 18.3 Å². The molecule has 0 aromatic carbocycles. The predicted octanol–water partition coefficient (Wildman–Crippen LogP) is 4.33. The summed E-state index contributed by atoms with van der Waals surface area (Å²) in [6, 6.07) is 5.46. The Morgan fingerprint density at radius 3 is 2.35 bits per heavy atom. The van der Waals surface area contributed by atoms with E-state index in [4.69, 9.17) is 9.90 Å². The number of nitriles is 1. The minimum atomic E-state index is -5.08. The van der Waals surface area contributed by atoms with Gasteiger partial charge in [0.05, 0.1) is 36.6 Å². The Balaban J connectivity index is 0.000000649. The maximum atomic E-state index is 13.7. The van der Waals surface area contributed by atoms with Gasteiger partial charge in [-0.15, -0.1) is 0 Å². The quantitative estimate of drug-likeness (QED) is 0.256. The molecule has 4 aromatic heterocycles. The summed E-state index contributed by atoms with van der Waals surface area (Å²) in [5.41, 5.74) is 1.19. The first-order valence-electron chi connectivity index (χ1n) is 16.5. The number of fused-ring (bicyclic) bond motifs is 1. The van der Waals surface area contributed by atoms with Gasteiger partial charge in [0.1, 0.15) is 23.2 Å². The number of rotatable bonds is 7. The van der Waals surface area contributed by atoms with Gasteiger partial charge in [0.25, 0.3) is 11.8 Å². The zero-order chi connectivity index (χ0) is 39.1. The lowest BCUT2D eigenvalue weighted by Crippen LogP contribution is -2.66. The Morgan fingerprint density at radius 2 is 1.74 bits per heavy atom. The van der Waals surface area contributed by atoms with Crippen molar-refractivity contribution in [1.29, 1.82) is 5.26 Å². The van der Waals surface area contributed by atoms with Crippen LogP contribution >= 0.6 is 0 Å². The number of aromatic amines is 1. The average molecular weight is 770 g/mol. The lowest BCUT2D eigenvalue weighted by Gasteiger charge is -2.53. The molecule has 0 atom stereocenters. The first kappa shape index (κ1) is 38.4. The van der Waals surface area contributed by atoms with Gasteiger partial charge < -0.3 is 15.0 Å². The van der Waals surface area contributed by atoms with Crippen molar-refractivity contribution in [3.05, 3.63) is 54.3 Å². The number of aliphatic carboxylic acids is 1. The molecule has 54 heavy (non-hydrogen) atoms. The van der Waals surface area contributed by atoms with E-state index in [1.807, 2.05) is 16.9 Å². The maximum absolute atomic E-state index is 13.7. The SMILES string of the molecule is N#CCC1(n2cc(-c3ncnc4[nH]ccc34)cn2)CN(C2CCN(C(=O)c3cc(CN4CCC(F)(F)C4)nc(C(F)(F)F)n3)CC2)C1.O=C(O)C(F)(F)F. The molecule has 3 fully saturated rings. The number of carbonyl (C=O) groups excluding carboxylic acids is 1. The van der Waals surface area contributed by atoms with Gasteiger partial charge in [-0.25, -0.2) is 33.5 Å². The monoisotopic (exact) mass is 769 g/mol. The number of halogens is 8. The molecule has 0 bridgehead atoms. The van der Waals surface area contributed by atoms with Gasteiger partial charge in [-0.3, -0.25) is 19.3 Å². The summed E-state index contributed by atoms with van der Waals surface area (Å²) < 4.78 is 102. The first-order chi connectivity index (χ1) is 25.4. The fraction of sp³-hybridized carbons (Fsp3) is 0.500. The molecule has 0 radical (unpaired) electrons. The molecule has 4 aromatic rings. The van der Waals surface area contributed by atoms with Crippen molar-refractivity contribution < 1.29 is 49.8 Å². The lowest BCUT2D eigenvalue weighted by atomic mass is 9.83. The fourth-order valence-electron chi connectivity index (χ4n) is 6.84. The molecule has 0 aliphatic carbocycles. The number of carboxylic acids is 1. The van der Waals surface area contributed by atoms with Crippen molar-refractivity contribution in [1.82, 2.24) is 49.4 Å². The van der Waals surface area contributed by atoms with Gasteiger partial charge in [0.2, 0.25) is 5.82 Å². The second kappa shape index (κ2) is 14.5. The smallest absolute Gasteiger partial charge is 0.475 e. The number of piperidine rings is 1. The number of carbonyl (C=O) groups is 2. The number of nitrogens with one attached hydrogen (secondary N) is 1. The summed E-state index contributed by atoms with van der Waals surface area (Å²) in [5.74, 6) is -7.79. The molecule has 0 unspecified atom stereocenters. The number of H-pyrrole nitrogens is 1. The highest BCUT2D eigenvalue weighted by molar-refractivity contribution is 5.92.